The summed E-state index contributed by atoms with van der Waals surface area (Å²) in [6.45, 7) is 2.01. The second kappa shape index (κ2) is 4.66. The summed E-state index contributed by atoms with van der Waals surface area (Å²) in [4.78, 5) is 11.1. The van der Waals surface area contributed by atoms with Crippen molar-refractivity contribution in [3.05, 3.63) is 35.9 Å². The van der Waals surface area contributed by atoms with E-state index in [9.17, 15) is 4.79 Å². The zero-order chi connectivity index (χ0) is 11.5. The summed E-state index contributed by atoms with van der Waals surface area (Å²) in [6.07, 6.45) is 2.07. The van der Waals surface area contributed by atoms with Crippen LogP contribution in [0.4, 0.5) is 0 Å². The fourth-order valence-corrected chi connectivity index (χ4v) is 1.95. The SMILES string of the molecule is CC(N[C@H](C(=O)O)C1CC1)c1ccccc1. The van der Waals surface area contributed by atoms with Crippen LogP contribution >= 0.6 is 0 Å². The van der Waals surface area contributed by atoms with Gasteiger partial charge in [0.05, 0.1) is 0 Å². The van der Waals surface area contributed by atoms with Crippen LogP contribution in [0.3, 0.4) is 0 Å². The van der Waals surface area contributed by atoms with Crippen LogP contribution < -0.4 is 5.32 Å². The number of rotatable bonds is 5. The maximum atomic E-state index is 11.1. The fraction of sp³-hybridized carbons (Fsp3) is 0.462. The molecule has 1 aromatic rings. The smallest absolute Gasteiger partial charge is 0.320 e. The van der Waals surface area contributed by atoms with Gasteiger partial charge < -0.3 is 5.11 Å². The minimum atomic E-state index is -0.731. The Morgan fingerprint density at radius 3 is 2.50 bits per heavy atom. The molecule has 1 aliphatic carbocycles. The molecule has 0 spiro atoms. The first-order valence-corrected chi connectivity index (χ1v) is 5.72. The van der Waals surface area contributed by atoms with Crippen LogP contribution in [0.2, 0.25) is 0 Å². The zero-order valence-corrected chi connectivity index (χ0v) is 9.39. The molecule has 1 saturated carbocycles. The van der Waals surface area contributed by atoms with Crippen molar-refractivity contribution in [1.82, 2.24) is 5.32 Å². The Kier molecular flexibility index (Phi) is 3.25. The van der Waals surface area contributed by atoms with Crippen LogP contribution in [0.25, 0.3) is 0 Å². The average molecular weight is 219 g/mol. The summed E-state index contributed by atoms with van der Waals surface area (Å²) in [5.74, 6) is -0.408. The molecule has 0 amide bonds. The maximum absolute atomic E-state index is 11.1. The number of carboxylic acid groups (broad SMARTS) is 1. The van der Waals surface area contributed by atoms with Crippen molar-refractivity contribution < 1.29 is 9.90 Å². The number of aliphatic carboxylic acids is 1. The Bertz CT molecular complexity index is 359. The minimum Gasteiger partial charge on any atom is -0.480 e. The Labute approximate surface area is 95.5 Å². The number of carbonyl (C=O) groups is 1. The molecule has 0 aliphatic heterocycles. The Morgan fingerprint density at radius 2 is 2.00 bits per heavy atom. The van der Waals surface area contributed by atoms with E-state index in [4.69, 9.17) is 5.11 Å². The number of carboxylic acids is 1. The standard InChI is InChI=1S/C13H17NO2/c1-9(10-5-3-2-4-6-10)14-12(13(15)16)11-7-8-11/h2-6,9,11-12,14H,7-8H2,1H3,(H,15,16)/t9?,12-/m0/s1. The van der Waals surface area contributed by atoms with E-state index >= 15 is 0 Å². The summed E-state index contributed by atoms with van der Waals surface area (Å²) in [6, 6.07) is 9.64. The first-order chi connectivity index (χ1) is 7.68. The molecule has 0 heterocycles. The second-order valence-corrected chi connectivity index (χ2v) is 4.45. The van der Waals surface area contributed by atoms with E-state index in [0.29, 0.717) is 5.92 Å². The predicted octanol–water partition coefficient (Wildman–Crippen LogP) is 2.20. The van der Waals surface area contributed by atoms with Gasteiger partial charge in [0, 0.05) is 6.04 Å². The zero-order valence-electron chi connectivity index (χ0n) is 9.39. The van der Waals surface area contributed by atoms with Crippen LogP contribution in [0.1, 0.15) is 31.4 Å². The lowest BCUT2D eigenvalue weighted by Gasteiger charge is -2.20. The van der Waals surface area contributed by atoms with E-state index in [0.717, 1.165) is 18.4 Å². The van der Waals surface area contributed by atoms with Crippen LogP contribution in [-0.4, -0.2) is 17.1 Å². The molecule has 1 unspecified atom stereocenters. The molecule has 16 heavy (non-hydrogen) atoms. The summed E-state index contributed by atoms with van der Waals surface area (Å²) in [5.41, 5.74) is 1.13. The van der Waals surface area contributed by atoms with E-state index in [1.165, 1.54) is 0 Å². The molecule has 0 aromatic heterocycles. The van der Waals surface area contributed by atoms with Gasteiger partial charge in [0.2, 0.25) is 0 Å². The van der Waals surface area contributed by atoms with Gasteiger partial charge in [-0.15, -0.1) is 0 Å². The van der Waals surface area contributed by atoms with Crippen LogP contribution in [-0.2, 0) is 4.79 Å². The van der Waals surface area contributed by atoms with Crippen molar-refractivity contribution in [3.63, 3.8) is 0 Å². The van der Waals surface area contributed by atoms with Crippen molar-refractivity contribution in [2.24, 2.45) is 5.92 Å². The third kappa shape index (κ3) is 2.61. The third-order valence-corrected chi connectivity index (χ3v) is 3.09. The van der Waals surface area contributed by atoms with Crippen LogP contribution in [0, 0.1) is 5.92 Å². The minimum absolute atomic E-state index is 0.0860. The van der Waals surface area contributed by atoms with E-state index in [1.54, 1.807) is 0 Å². The van der Waals surface area contributed by atoms with Crippen molar-refractivity contribution in [2.45, 2.75) is 31.8 Å². The summed E-state index contributed by atoms with van der Waals surface area (Å²) >= 11 is 0. The Balaban J connectivity index is 2.00. The molecule has 2 atom stereocenters. The highest BCUT2D eigenvalue weighted by molar-refractivity contribution is 5.74. The van der Waals surface area contributed by atoms with Crippen molar-refractivity contribution in [2.75, 3.05) is 0 Å². The predicted molar refractivity (Wildman–Crippen MR) is 62.1 cm³/mol. The average Bonchev–Trinajstić information content (AvgIpc) is 3.10. The van der Waals surface area contributed by atoms with Gasteiger partial charge in [0.25, 0.3) is 0 Å². The van der Waals surface area contributed by atoms with Gasteiger partial charge >= 0.3 is 5.97 Å². The van der Waals surface area contributed by atoms with Gasteiger partial charge in [0.1, 0.15) is 6.04 Å². The molecule has 1 aliphatic rings. The van der Waals surface area contributed by atoms with E-state index in [-0.39, 0.29) is 6.04 Å². The topological polar surface area (TPSA) is 49.3 Å². The van der Waals surface area contributed by atoms with Gasteiger partial charge in [-0.05, 0) is 31.2 Å². The van der Waals surface area contributed by atoms with Crippen molar-refractivity contribution in [1.29, 1.82) is 0 Å². The van der Waals surface area contributed by atoms with Gasteiger partial charge in [-0.2, -0.15) is 0 Å². The Morgan fingerprint density at radius 1 is 1.38 bits per heavy atom. The van der Waals surface area contributed by atoms with Gasteiger partial charge in [0.15, 0.2) is 0 Å². The van der Waals surface area contributed by atoms with Gasteiger partial charge in [-0.1, -0.05) is 30.3 Å². The van der Waals surface area contributed by atoms with Crippen LogP contribution in [0.15, 0.2) is 30.3 Å². The van der Waals surface area contributed by atoms with Crippen LogP contribution in [0.5, 0.6) is 0 Å². The molecule has 1 aromatic carbocycles. The highest BCUT2D eigenvalue weighted by atomic mass is 16.4. The molecule has 0 radical (unpaired) electrons. The molecular formula is C13H17NO2. The van der Waals surface area contributed by atoms with Crippen molar-refractivity contribution in [3.8, 4) is 0 Å². The van der Waals surface area contributed by atoms with E-state index < -0.39 is 12.0 Å². The molecular weight excluding hydrogens is 202 g/mol. The molecule has 3 heteroatoms. The molecule has 2 N–H and O–H groups in total. The lowest BCUT2D eigenvalue weighted by Crippen LogP contribution is -2.39. The fourth-order valence-electron chi connectivity index (χ4n) is 1.95. The first-order valence-electron chi connectivity index (χ1n) is 5.72. The number of hydrogen-bond donors (Lipinski definition) is 2. The number of hydrogen-bond acceptors (Lipinski definition) is 2. The molecule has 86 valence electrons. The largest absolute Gasteiger partial charge is 0.480 e. The molecule has 3 nitrogen and oxygen atoms in total. The van der Waals surface area contributed by atoms with E-state index in [2.05, 4.69) is 5.32 Å². The molecule has 1 fully saturated rings. The lowest BCUT2D eigenvalue weighted by atomic mass is 10.1. The van der Waals surface area contributed by atoms with Gasteiger partial charge in [-0.3, -0.25) is 10.1 Å². The first kappa shape index (κ1) is 11.1. The highest BCUT2D eigenvalue weighted by Gasteiger charge is 2.36. The van der Waals surface area contributed by atoms with Crippen molar-refractivity contribution >= 4 is 5.97 Å². The maximum Gasteiger partial charge on any atom is 0.320 e. The normalized spacial score (nSPS) is 19.1. The highest BCUT2D eigenvalue weighted by Crippen LogP contribution is 2.33. The monoisotopic (exact) mass is 219 g/mol. The number of nitrogens with one attached hydrogen (secondary N) is 1. The number of benzene rings is 1. The van der Waals surface area contributed by atoms with Gasteiger partial charge in [-0.25, -0.2) is 0 Å². The summed E-state index contributed by atoms with van der Waals surface area (Å²) < 4.78 is 0. The summed E-state index contributed by atoms with van der Waals surface area (Å²) in [7, 11) is 0. The quantitative estimate of drug-likeness (QED) is 0.798. The van der Waals surface area contributed by atoms with E-state index in [1.807, 2.05) is 37.3 Å². The summed E-state index contributed by atoms with van der Waals surface area (Å²) in [5, 5.41) is 12.3. The Hall–Kier alpha value is -1.35. The second-order valence-electron chi connectivity index (χ2n) is 4.45. The molecule has 2 rings (SSSR count). The lowest BCUT2D eigenvalue weighted by molar-refractivity contribution is -0.140. The molecule has 0 bridgehead atoms. The third-order valence-electron chi connectivity index (χ3n) is 3.09. The molecule has 0 saturated heterocycles.